The van der Waals surface area contributed by atoms with Crippen molar-refractivity contribution in [1.29, 1.82) is 0 Å². The fourth-order valence-electron chi connectivity index (χ4n) is 2.41. The van der Waals surface area contributed by atoms with Crippen molar-refractivity contribution in [1.82, 2.24) is 5.32 Å². The molecule has 140 valence electrons. The first-order valence-electron chi connectivity index (χ1n) is 8.70. The van der Waals surface area contributed by atoms with E-state index in [1.54, 1.807) is 18.2 Å². The van der Waals surface area contributed by atoms with Crippen LogP contribution < -0.4 is 10.6 Å². The van der Waals surface area contributed by atoms with E-state index in [9.17, 15) is 9.59 Å². The summed E-state index contributed by atoms with van der Waals surface area (Å²) in [6, 6.07) is 4.70. The number of halogens is 2. The van der Waals surface area contributed by atoms with Crippen molar-refractivity contribution < 1.29 is 14.7 Å². The van der Waals surface area contributed by atoms with Crippen molar-refractivity contribution in [2.24, 2.45) is 0 Å². The van der Waals surface area contributed by atoms with Crippen LogP contribution in [0.25, 0.3) is 0 Å². The number of benzene rings is 1. The largest absolute Gasteiger partial charge is 0.481 e. The predicted molar refractivity (Wildman–Crippen MR) is 103 cm³/mol. The quantitative estimate of drug-likeness (QED) is 0.401. The van der Waals surface area contributed by atoms with Crippen LogP contribution in [-0.2, 0) is 4.79 Å². The lowest BCUT2D eigenvalue weighted by atomic mass is 10.1. The summed E-state index contributed by atoms with van der Waals surface area (Å²) in [6.07, 6.45) is 8.57. The second-order valence-corrected chi connectivity index (χ2v) is 6.80. The number of carboxylic acids is 1. The minimum Gasteiger partial charge on any atom is -0.481 e. The summed E-state index contributed by atoms with van der Waals surface area (Å²) >= 11 is 11.7. The first kappa shape index (κ1) is 21.6. The van der Waals surface area contributed by atoms with Gasteiger partial charge in [-0.3, -0.25) is 4.79 Å². The highest BCUT2D eigenvalue weighted by atomic mass is 35.5. The lowest BCUT2D eigenvalue weighted by Crippen LogP contribution is -2.29. The SMILES string of the molecule is O=C(O)CCCCCCCCCCNC(=O)Nc1ccc(Cl)c(Cl)c1. The molecule has 0 bridgehead atoms. The molecule has 1 aromatic rings. The maximum atomic E-state index is 11.8. The molecule has 0 fully saturated rings. The molecule has 0 saturated carbocycles. The number of carbonyl (C=O) groups is 2. The molecule has 0 radical (unpaired) electrons. The molecule has 0 aliphatic carbocycles. The Morgan fingerprint density at radius 3 is 2.08 bits per heavy atom. The molecule has 0 spiro atoms. The van der Waals surface area contributed by atoms with Crippen LogP contribution in [0.1, 0.15) is 57.8 Å². The van der Waals surface area contributed by atoms with Gasteiger partial charge in [-0.15, -0.1) is 0 Å². The van der Waals surface area contributed by atoms with Crippen molar-refractivity contribution in [2.75, 3.05) is 11.9 Å². The van der Waals surface area contributed by atoms with Gasteiger partial charge in [0.25, 0.3) is 0 Å². The summed E-state index contributed by atoms with van der Waals surface area (Å²) in [4.78, 5) is 22.1. The summed E-state index contributed by atoms with van der Waals surface area (Å²) in [5, 5.41) is 14.9. The zero-order valence-corrected chi connectivity index (χ0v) is 15.8. The summed E-state index contributed by atoms with van der Waals surface area (Å²) in [5.74, 6) is -0.712. The molecule has 0 aromatic heterocycles. The molecule has 7 heteroatoms. The molecule has 0 aliphatic heterocycles. The van der Waals surface area contributed by atoms with E-state index in [4.69, 9.17) is 28.3 Å². The van der Waals surface area contributed by atoms with E-state index in [1.165, 1.54) is 0 Å². The van der Waals surface area contributed by atoms with Gasteiger partial charge in [0, 0.05) is 18.7 Å². The smallest absolute Gasteiger partial charge is 0.319 e. The summed E-state index contributed by atoms with van der Waals surface area (Å²) in [5.41, 5.74) is 0.606. The van der Waals surface area contributed by atoms with Gasteiger partial charge in [0.1, 0.15) is 0 Å². The topological polar surface area (TPSA) is 78.4 Å². The molecule has 3 N–H and O–H groups in total. The van der Waals surface area contributed by atoms with E-state index in [0.29, 0.717) is 22.3 Å². The van der Waals surface area contributed by atoms with E-state index >= 15 is 0 Å². The molecule has 1 rings (SSSR count). The highest BCUT2D eigenvalue weighted by Gasteiger charge is 2.03. The van der Waals surface area contributed by atoms with Gasteiger partial charge in [0.2, 0.25) is 0 Å². The average Bonchev–Trinajstić information content (AvgIpc) is 2.55. The molecular weight excluding hydrogens is 363 g/mol. The van der Waals surface area contributed by atoms with Gasteiger partial charge in [-0.2, -0.15) is 0 Å². The van der Waals surface area contributed by atoms with Gasteiger partial charge in [-0.25, -0.2) is 4.79 Å². The Kier molecular flexibility index (Phi) is 11.1. The standard InChI is InChI=1S/C18H26Cl2N2O3/c19-15-11-10-14(13-16(15)20)22-18(25)21-12-8-6-4-2-1-3-5-7-9-17(23)24/h10-11,13H,1-9,12H2,(H,23,24)(H2,21,22,25). The molecule has 0 heterocycles. The zero-order chi connectivity index (χ0) is 18.5. The third-order valence-electron chi connectivity index (χ3n) is 3.78. The number of hydrogen-bond donors (Lipinski definition) is 3. The summed E-state index contributed by atoms with van der Waals surface area (Å²) in [7, 11) is 0. The number of hydrogen-bond acceptors (Lipinski definition) is 2. The minimum atomic E-state index is -0.712. The third kappa shape index (κ3) is 10.9. The number of rotatable bonds is 12. The van der Waals surface area contributed by atoms with E-state index in [1.807, 2.05) is 0 Å². The van der Waals surface area contributed by atoms with Gasteiger partial charge in [0.15, 0.2) is 0 Å². The van der Waals surface area contributed by atoms with Crippen LogP contribution >= 0.6 is 23.2 Å². The first-order valence-corrected chi connectivity index (χ1v) is 9.46. The van der Waals surface area contributed by atoms with Crippen LogP contribution in [0.5, 0.6) is 0 Å². The number of amides is 2. The van der Waals surface area contributed by atoms with Crippen molar-refractivity contribution in [3.8, 4) is 0 Å². The Morgan fingerprint density at radius 1 is 0.880 bits per heavy atom. The number of aliphatic carboxylic acids is 1. The van der Waals surface area contributed by atoms with E-state index < -0.39 is 5.97 Å². The lowest BCUT2D eigenvalue weighted by molar-refractivity contribution is -0.137. The van der Waals surface area contributed by atoms with E-state index in [2.05, 4.69) is 10.6 Å². The van der Waals surface area contributed by atoms with Crippen molar-refractivity contribution in [2.45, 2.75) is 57.8 Å². The molecule has 0 aliphatic rings. The van der Waals surface area contributed by atoms with Gasteiger partial charge < -0.3 is 15.7 Å². The number of nitrogens with one attached hydrogen (secondary N) is 2. The molecule has 0 atom stereocenters. The molecule has 1 aromatic carbocycles. The van der Waals surface area contributed by atoms with Crippen molar-refractivity contribution in [3.63, 3.8) is 0 Å². The Hall–Kier alpha value is -1.46. The highest BCUT2D eigenvalue weighted by molar-refractivity contribution is 6.42. The van der Waals surface area contributed by atoms with Crippen LogP contribution in [0.2, 0.25) is 10.0 Å². The summed E-state index contributed by atoms with van der Waals surface area (Å²) < 4.78 is 0. The predicted octanol–water partition coefficient (Wildman–Crippen LogP) is 5.71. The van der Waals surface area contributed by atoms with Crippen LogP contribution in [0.3, 0.4) is 0 Å². The van der Waals surface area contributed by atoms with Crippen molar-refractivity contribution >= 4 is 40.9 Å². The maximum absolute atomic E-state index is 11.8. The average molecular weight is 389 g/mol. The normalized spacial score (nSPS) is 10.5. The Labute approximate surface area is 159 Å². The molecule has 25 heavy (non-hydrogen) atoms. The fraction of sp³-hybridized carbons (Fsp3) is 0.556. The Bertz CT molecular complexity index is 553. The number of unbranched alkanes of at least 4 members (excludes halogenated alkanes) is 7. The Balaban J connectivity index is 1.96. The first-order chi connectivity index (χ1) is 12.0. The molecule has 5 nitrogen and oxygen atoms in total. The third-order valence-corrected chi connectivity index (χ3v) is 4.52. The van der Waals surface area contributed by atoms with Crippen LogP contribution in [0.15, 0.2) is 18.2 Å². The van der Waals surface area contributed by atoms with Crippen LogP contribution in [-0.4, -0.2) is 23.7 Å². The number of carboxylic acid groups (broad SMARTS) is 1. The van der Waals surface area contributed by atoms with Gasteiger partial charge in [-0.05, 0) is 31.0 Å². The second-order valence-electron chi connectivity index (χ2n) is 5.98. The monoisotopic (exact) mass is 388 g/mol. The molecular formula is C18H26Cl2N2O3. The van der Waals surface area contributed by atoms with Crippen molar-refractivity contribution in [3.05, 3.63) is 28.2 Å². The highest BCUT2D eigenvalue weighted by Crippen LogP contribution is 2.24. The van der Waals surface area contributed by atoms with Gasteiger partial charge >= 0.3 is 12.0 Å². The molecule has 0 saturated heterocycles. The summed E-state index contributed by atoms with van der Waals surface area (Å²) in [6.45, 7) is 0.631. The fourth-order valence-corrected chi connectivity index (χ4v) is 2.71. The van der Waals surface area contributed by atoms with Gasteiger partial charge in [-0.1, -0.05) is 61.7 Å². The Morgan fingerprint density at radius 2 is 1.48 bits per heavy atom. The number of carbonyl (C=O) groups excluding carboxylic acids is 1. The van der Waals surface area contributed by atoms with E-state index in [0.717, 1.165) is 51.4 Å². The molecule has 2 amide bonds. The maximum Gasteiger partial charge on any atom is 0.319 e. The molecule has 0 unspecified atom stereocenters. The number of urea groups is 1. The zero-order valence-electron chi connectivity index (χ0n) is 14.3. The van der Waals surface area contributed by atoms with Gasteiger partial charge in [0.05, 0.1) is 10.0 Å². The van der Waals surface area contributed by atoms with E-state index in [-0.39, 0.29) is 12.5 Å². The van der Waals surface area contributed by atoms with Crippen LogP contribution in [0.4, 0.5) is 10.5 Å². The number of anilines is 1. The second kappa shape index (κ2) is 12.8. The van der Waals surface area contributed by atoms with Crippen LogP contribution in [0, 0.1) is 0 Å². The minimum absolute atomic E-state index is 0.253. The lowest BCUT2D eigenvalue weighted by Gasteiger charge is -2.08.